The quantitative estimate of drug-likeness (QED) is 0.142. The number of nitrogens with one attached hydrogen (secondary N) is 2. The molecule has 3 aromatic rings. The van der Waals surface area contributed by atoms with E-state index in [4.69, 9.17) is 5.41 Å². The van der Waals surface area contributed by atoms with Gasteiger partial charge in [0.15, 0.2) is 0 Å². The Bertz CT molecular complexity index is 1430. The number of alkyl halides is 3. The third-order valence-electron chi connectivity index (χ3n) is 6.15. The molecule has 0 aliphatic carbocycles. The van der Waals surface area contributed by atoms with E-state index >= 15 is 0 Å². The Kier molecular flexibility index (Phi) is 9.10. The molecule has 0 saturated carbocycles. The van der Waals surface area contributed by atoms with Gasteiger partial charge in [-0.3, -0.25) is 9.59 Å². The van der Waals surface area contributed by atoms with Crippen LogP contribution >= 0.6 is 0 Å². The van der Waals surface area contributed by atoms with Crippen LogP contribution < -0.4 is 5.32 Å². The lowest BCUT2D eigenvalue weighted by Crippen LogP contribution is -2.33. The highest BCUT2D eigenvalue weighted by atomic mass is 19.4. The number of ketones is 1. The molecule has 0 aliphatic rings. The van der Waals surface area contributed by atoms with E-state index in [9.17, 15) is 27.7 Å². The molecule has 3 aromatic carbocycles. The van der Waals surface area contributed by atoms with Crippen LogP contribution in [0.5, 0.6) is 0 Å². The van der Waals surface area contributed by atoms with Crippen LogP contribution in [0.25, 0.3) is 10.8 Å². The van der Waals surface area contributed by atoms with Crippen molar-refractivity contribution < 1.29 is 27.5 Å². The van der Waals surface area contributed by atoms with Gasteiger partial charge in [0.25, 0.3) is 12.5 Å². The molecule has 0 unspecified atom stereocenters. The van der Waals surface area contributed by atoms with Crippen molar-refractivity contribution in [2.45, 2.75) is 32.0 Å². The van der Waals surface area contributed by atoms with Crippen molar-refractivity contribution in [1.82, 2.24) is 5.32 Å². The first-order valence-electron chi connectivity index (χ1n) is 11.9. The first-order valence-corrected chi connectivity index (χ1v) is 11.9. The van der Waals surface area contributed by atoms with Crippen LogP contribution in [0.1, 0.15) is 40.7 Å². The van der Waals surface area contributed by atoms with Gasteiger partial charge in [-0.15, -0.1) is 5.73 Å². The van der Waals surface area contributed by atoms with Crippen molar-refractivity contribution in [2.24, 2.45) is 0 Å². The molecule has 0 aromatic heterocycles. The van der Waals surface area contributed by atoms with E-state index in [1.54, 1.807) is 25.1 Å². The number of halogens is 3. The number of rotatable bonds is 11. The van der Waals surface area contributed by atoms with Gasteiger partial charge in [-0.25, -0.2) is 0 Å². The van der Waals surface area contributed by atoms with E-state index in [0.29, 0.717) is 10.3 Å². The van der Waals surface area contributed by atoms with Gasteiger partial charge in [0.1, 0.15) is 0 Å². The second-order valence-corrected chi connectivity index (χ2v) is 8.74. The minimum atomic E-state index is -4.59. The van der Waals surface area contributed by atoms with Crippen LogP contribution in [-0.4, -0.2) is 41.4 Å². The zero-order valence-electron chi connectivity index (χ0n) is 20.8. The van der Waals surface area contributed by atoms with Gasteiger partial charge in [-0.2, -0.15) is 13.2 Å². The maximum absolute atomic E-state index is 13.3. The molecule has 38 heavy (non-hydrogen) atoms. The molecule has 1 atom stereocenters. The van der Waals surface area contributed by atoms with E-state index in [-0.39, 0.29) is 24.4 Å². The molecule has 0 saturated heterocycles. The first-order chi connectivity index (χ1) is 18.0. The molecular formula is C29H27F3N3O3+. The average Bonchev–Trinajstić information content (AvgIpc) is 2.89. The van der Waals surface area contributed by atoms with Crippen molar-refractivity contribution in [2.75, 3.05) is 13.1 Å². The number of benzene rings is 3. The van der Waals surface area contributed by atoms with E-state index in [1.165, 1.54) is 6.07 Å². The van der Waals surface area contributed by atoms with Gasteiger partial charge in [0, 0.05) is 39.7 Å². The summed E-state index contributed by atoms with van der Waals surface area (Å²) in [5.74, 6) is -1.80. The highest BCUT2D eigenvalue weighted by Gasteiger charge is 2.33. The molecule has 0 fully saturated rings. The van der Waals surface area contributed by atoms with Gasteiger partial charge >= 0.3 is 6.18 Å². The summed E-state index contributed by atoms with van der Waals surface area (Å²) < 4.78 is 38.6. The Labute approximate surface area is 217 Å². The average molecular weight is 523 g/mol. The molecule has 0 aliphatic heterocycles. The fourth-order valence-corrected chi connectivity index (χ4v) is 4.12. The summed E-state index contributed by atoms with van der Waals surface area (Å²) >= 11 is 0. The number of amides is 1. The second kappa shape index (κ2) is 12.3. The number of nitroso groups, excluding NO2 is 1. The smallest absolute Gasteiger partial charge is 0.350 e. The van der Waals surface area contributed by atoms with Crippen LogP contribution in [-0.2, 0) is 11.3 Å². The van der Waals surface area contributed by atoms with Crippen LogP contribution in [0.2, 0.25) is 0 Å². The maximum atomic E-state index is 13.3. The topological polar surface area (TPSA) is 90.1 Å². The number of carbonyl (C=O) groups excluding carboxylic acids is 2. The number of nitrogens with zero attached hydrogens (tertiary/aromatic N) is 1. The third-order valence-corrected chi connectivity index (χ3v) is 6.15. The van der Waals surface area contributed by atoms with E-state index in [0.717, 1.165) is 16.3 Å². The van der Waals surface area contributed by atoms with E-state index < -0.39 is 42.3 Å². The molecule has 196 valence electrons. The fraction of sp³-hybridized carbons (Fsp3) is 0.241. The lowest BCUT2D eigenvalue weighted by molar-refractivity contribution is -0.553. The molecule has 6 nitrogen and oxygen atoms in total. The molecule has 1 amide bonds. The van der Waals surface area contributed by atoms with Gasteiger partial charge in [-0.05, 0) is 16.3 Å². The highest BCUT2D eigenvalue weighted by molar-refractivity contribution is 6.47. The van der Waals surface area contributed by atoms with Crippen LogP contribution in [0.15, 0.2) is 84.6 Å². The number of Topliss-reactive ketones (excluding diaryl/α,β-unsaturated/α-hetero) is 1. The summed E-state index contributed by atoms with van der Waals surface area (Å²) in [5.41, 5.74) is 2.02. The van der Waals surface area contributed by atoms with Gasteiger partial charge in [0.05, 0.1) is 11.3 Å². The standard InChI is InChI=1S/C29H26F3N3O3/c1-3-22(29(30,31)32)15-16-34-26(36)18-35(38)17-21-10-5-7-13-25(21)28(37)27(33)19(2)23-14-8-11-20-9-4-6-12-24(20)23/h4-14,19,33H,1,15-18H2,2H3/p+1/t19-/m1/s1. The Morgan fingerprint density at radius 2 is 1.71 bits per heavy atom. The molecule has 9 heteroatoms. The zero-order valence-corrected chi connectivity index (χ0v) is 20.8. The highest BCUT2D eigenvalue weighted by Crippen LogP contribution is 2.28. The SMILES string of the molecule is C=C=C(CCNC(=O)C[N+](=O)Cc1ccccc1C(=O)C(=N)[C@H](C)c1cccc2ccccc12)C(F)(F)F. The molecule has 0 heterocycles. The molecule has 2 N–H and O–H groups in total. The monoisotopic (exact) mass is 522 g/mol. The van der Waals surface area contributed by atoms with Crippen molar-refractivity contribution in [3.05, 3.63) is 106 Å². The number of fused-ring (bicyclic) bond motifs is 1. The van der Waals surface area contributed by atoms with Gasteiger partial charge in [0.2, 0.25) is 12.3 Å². The fourth-order valence-electron chi connectivity index (χ4n) is 4.12. The number of carbonyl (C=O) groups is 2. The van der Waals surface area contributed by atoms with Crippen molar-refractivity contribution in [3.8, 4) is 0 Å². The number of hydrogen-bond donors (Lipinski definition) is 2. The lowest BCUT2D eigenvalue weighted by atomic mass is 9.87. The second-order valence-electron chi connectivity index (χ2n) is 8.74. The normalized spacial score (nSPS) is 11.9. The molecule has 0 bridgehead atoms. The Morgan fingerprint density at radius 1 is 1.05 bits per heavy atom. The molecule has 0 radical (unpaired) electrons. The Morgan fingerprint density at radius 3 is 2.42 bits per heavy atom. The van der Waals surface area contributed by atoms with E-state index in [1.807, 2.05) is 48.2 Å². The lowest BCUT2D eigenvalue weighted by Gasteiger charge is -2.16. The van der Waals surface area contributed by atoms with Crippen LogP contribution in [0, 0.1) is 10.3 Å². The summed E-state index contributed by atoms with van der Waals surface area (Å²) in [6.45, 7) is 3.50. The zero-order chi connectivity index (χ0) is 27.9. The Hall–Kier alpha value is -4.36. The summed E-state index contributed by atoms with van der Waals surface area (Å²) in [6, 6.07) is 19.8. The summed E-state index contributed by atoms with van der Waals surface area (Å²) in [5, 5.41) is 12.8. The summed E-state index contributed by atoms with van der Waals surface area (Å²) in [4.78, 5) is 37.8. The van der Waals surface area contributed by atoms with Crippen molar-refractivity contribution in [1.29, 1.82) is 5.41 Å². The molecular weight excluding hydrogens is 495 g/mol. The van der Waals surface area contributed by atoms with Gasteiger partial charge < -0.3 is 10.7 Å². The van der Waals surface area contributed by atoms with Crippen LogP contribution in [0.3, 0.4) is 0 Å². The molecule has 3 rings (SSSR count). The summed E-state index contributed by atoms with van der Waals surface area (Å²) in [6.07, 6.45) is -5.11. The third kappa shape index (κ3) is 6.89. The predicted octanol–water partition coefficient (Wildman–Crippen LogP) is 5.90. The van der Waals surface area contributed by atoms with Crippen LogP contribution in [0.4, 0.5) is 13.2 Å². The van der Waals surface area contributed by atoms with Gasteiger partial charge in [-0.1, -0.05) is 80.2 Å². The summed E-state index contributed by atoms with van der Waals surface area (Å²) in [7, 11) is 0. The van der Waals surface area contributed by atoms with Crippen molar-refractivity contribution in [3.63, 3.8) is 0 Å². The predicted molar refractivity (Wildman–Crippen MR) is 139 cm³/mol. The van der Waals surface area contributed by atoms with Crippen molar-refractivity contribution >= 4 is 28.2 Å². The first kappa shape index (κ1) is 28.2. The minimum Gasteiger partial charge on any atom is -0.350 e. The van der Waals surface area contributed by atoms with E-state index in [2.05, 4.69) is 11.9 Å². The number of hydrogen-bond acceptors (Lipinski definition) is 4. The maximum Gasteiger partial charge on any atom is 0.419 e. The largest absolute Gasteiger partial charge is 0.419 e. The molecule has 0 spiro atoms. The Balaban J connectivity index is 1.66. The minimum absolute atomic E-state index is 0.139.